The normalized spacial score (nSPS) is 11.1. The Morgan fingerprint density at radius 1 is 1.71 bits per heavy atom. The number of nitrogens with one attached hydrogen (secondary N) is 1. The van der Waals surface area contributed by atoms with Gasteiger partial charge in [-0.05, 0) is 19.1 Å². The molecule has 0 atom stereocenters. The molecular formula is C10H13ClN4O2. The Hall–Kier alpha value is -1.82. The zero-order valence-electron chi connectivity index (χ0n) is 9.55. The van der Waals surface area contributed by atoms with Crippen molar-refractivity contribution in [3.05, 3.63) is 45.6 Å². The highest BCUT2D eigenvalue weighted by Crippen LogP contribution is 2.16. The third kappa shape index (κ3) is 3.92. The molecule has 0 fully saturated rings. The van der Waals surface area contributed by atoms with E-state index in [0.717, 1.165) is 6.20 Å². The second-order valence-corrected chi connectivity index (χ2v) is 3.62. The maximum absolute atomic E-state index is 10.5. The van der Waals surface area contributed by atoms with Crippen molar-refractivity contribution in [1.29, 1.82) is 0 Å². The van der Waals surface area contributed by atoms with Gasteiger partial charge in [0.15, 0.2) is 5.82 Å². The zero-order valence-corrected chi connectivity index (χ0v) is 10.3. The first kappa shape index (κ1) is 13.2. The van der Waals surface area contributed by atoms with Crippen molar-refractivity contribution in [1.82, 2.24) is 10.3 Å². The highest BCUT2D eigenvalue weighted by molar-refractivity contribution is 6.29. The lowest BCUT2D eigenvalue weighted by Crippen LogP contribution is -2.29. The zero-order chi connectivity index (χ0) is 12.8. The van der Waals surface area contributed by atoms with Gasteiger partial charge in [-0.2, -0.15) is 0 Å². The summed E-state index contributed by atoms with van der Waals surface area (Å²) in [5.74, 6) is 0.390. The van der Waals surface area contributed by atoms with Crippen molar-refractivity contribution < 1.29 is 4.92 Å². The molecule has 0 bridgehead atoms. The van der Waals surface area contributed by atoms with E-state index in [2.05, 4.69) is 10.3 Å². The summed E-state index contributed by atoms with van der Waals surface area (Å²) in [7, 11) is 1.71. The minimum atomic E-state index is -0.502. The first-order chi connectivity index (χ1) is 8.04. The van der Waals surface area contributed by atoms with Crippen LogP contribution in [0, 0.1) is 10.1 Å². The summed E-state index contributed by atoms with van der Waals surface area (Å²) in [6, 6.07) is 3.36. The van der Waals surface area contributed by atoms with Crippen LogP contribution in [-0.4, -0.2) is 23.5 Å². The summed E-state index contributed by atoms with van der Waals surface area (Å²) in [6.07, 6.45) is 2.46. The van der Waals surface area contributed by atoms with Crippen molar-refractivity contribution in [3.63, 3.8) is 0 Å². The summed E-state index contributed by atoms with van der Waals surface area (Å²) in [4.78, 5) is 15.6. The van der Waals surface area contributed by atoms with Gasteiger partial charge in [0, 0.05) is 13.6 Å². The highest BCUT2D eigenvalue weighted by atomic mass is 35.5. The van der Waals surface area contributed by atoms with Crippen molar-refractivity contribution in [2.45, 2.75) is 6.92 Å². The summed E-state index contributed by atoms with van der Waals surface area (Å²) in [5, 5.41) is 13.8. The lowest BCUT2D eigenvalue weighted by Gasteiger charge is -2.20. The first-order valence-corrected chi connectivity index (χ1v) is 5.37. The maximum atomic E-state index is 10.5. The van der Waals surface area contributed by atoms with Gasteiger partial charge in [0.05, 0.1) is 16.8 Å². The molecule has 0 aliphatic heterocycles. The molecule has 1 heterocycles. The summed E-state index contributed by atoms with van der Waals surface area (Å²) < 4.78 is 0. The molecule has 0 saturated heterocycles. The Labute approximate surface area is 104 Å². The van der Waals surface area contributed by atoms with Crippen LogP contribution in [0.3, 0.4) is 0 Å². The topological polar surface area (TPSA) is 71.3 Å². The Morgan fingerprint density at radius 3 is 2.88 bits per heavy atom. The quantitative estimate of drug-likeness (QED) is 0.495. The number of halogens is 1. The lowest BCUT2D eigenvalue weighted by molar-refractivity contribution is -0.403. The van der Waals surface area contributed by atoms with Crippen LogP contribution in [0.2, 0.25) is 5.15 Å². The van der Waals surface area contributed by atoms with Crippen molar-refractivity contribution in [2.75, 3.05) is 18.5 Å². The van der Waals surface area contributed by atoms with Gasteiger partial charge >= 0.3 is 0 Å². The molecule has 1 rings (SSSR count). The Morgan fingerprint density at radius 2 is 2.41 bits per heavy atom. The highest BCUT2D eigenvalue weighted by Gasteiger charge is 2.10. The largest absolute Gasteiger partial charge is 0.367 e. The number of nitrogens with zero attached hydrogens (tertiary/aromatic N) is 3. The number of hydrogen-bond acceptors (Lipinski definition) is 5. The van der Waals surface area contributed by atoms with Crippen molar-refractivity contribution in [3.8, 4) is 0 Å². The first-order valence-electron chi connectivity index (χ1n) is 4.99. The van der Waals surface area contributed by atoms with E-state index in [1.807, 2.05) is 6.92 Å². The Bertz CT molecular complexity index is 419. The van der Waals surface area contributed by atoms with E-state index in [1.54, 1.807) is 30.3 Å². The van der Waals surface area contributed by atoms with Crippen LogP contribution in [0.5, 0.6) is 0 Å². The minimum absolute atomic E-state index is 0.380. The van der Waals surface area contributed by atoms with E-state index in [0.29, 0.717) is 23.2 Å². The molecule has 0 spiro atoms. The number of anilines is 1. The molecule has 0 aliphatic rings. The van der Waals surface area contributed by atoms with E-state index < -0.39 is 4.92 Å². The fourth-order valence-corrected chi connectivity index (χ4v) is 1.35. The van der Waals surface area contributed by atoms with Crippen LogP contribution in [0.4, 0.5) is 5.69 Å². The molecule has 1 aromatic heterocycles. The second kappa shape index (κ2) is 6.05. The fourth-order valence-electron chi connectivity index (χ4n) is 1.24. The molecule has 0 unspecified atom stereocenters. The smallest absolute Gasteiger partial charge is 0.274 e. The molecule has 6 nitrogen and oxygen atoms in total. The van der Waals surface area contributed by atoms with Gasteiger partial charge in [-0.25, -0.2) is 4.98 Å². The van der Waals surface area contributed by atoms with Crippen LogP contribution >= 0.6 is 11.6 Å². The average molecular weight is 257 g/mol. The number of aromatic nitrogens is 1. The van der Waals surface area contributed by atoms with E-state index in [1.165, 1.54) is 0 Å². The summed E-state index contributed by atoms with van der Waals surface area (Å²) in [5.41, 5.74) is 0.712. The predicted molar refractivity (Wildman–Crippen MR) is 66.4 cm³/mol. The van der Waals surface area contributed by atoms with Gasteiger partial charge in [0.2, 0.25) is 0 Å². The molecule has 92 valence electrons. The molecule has 1 aromatic rings. The Kier molecular flexibility index (Phi) is 4.71. The summed E-state index contributed by atoms with van der Waals surface area (Å²) in [6.45, 7) is 2.45. The monoisotopic (exact) mass is 256 g/mol. The predicted octanol–water partition coefficient (Wildman–Crippen LogP) is 1.86. The Balaban J connectivity index is 2.95. The third-order valence-corrected chi connectivity index (χ3v) is 2.27. The second-order valence-electron chi connectivity index (χ2n) is 3.23. The van der Waals surface area contributed by atoms with Crippen LogP contribution in [0.1, 0.15) is 6.92 Å². The molecule has 1 N–H and O–H groups in total. The third-order valence-electron chi connectivity index (χ3n) is 2.05. The van der Waals surface area contributed by atoms with Gasteiger partial charge in [-0.3, -0.25) is 10.1 Å². The fraction of sp³-hybridized carbons (Fsp3) is 0.300. The molecule has 0 radical (unpaired) electrons. The number of pyridine rings is 1. The van der Waals surface area contributed by atoms with Crippen LogP contribution in [0.15, 0.2) is 30.4 Å². The van der Waals surface area contributed by atoms with Crippen LogP contribution in [-0.2, 0) is 0 Å². The van der Waals surface area contributed by atoms with E-state index in [-0.39, 0.29) is 0 Å². The molecule has 0 aliphatic carbocycles. The number of rotatable bonds is 5. The molecule has 0 saturated carbocycles. The molecule has 0 amide bonds. The van der Waals surface area contributed by atoms with Crippen molar-refractivity contribution in [2.24, 2.45) is 0 Å². The molecule has 0 aromatic carbocycles. The van der Waals surface area contributed by atoms with Crippen LogP contribution in [0.25, 0.3) is 0 Å². The van der Waals surface area contributed by atoms with Gasteiger partial charge in [0.1, 0.15) is 5.15 Å². The van der Waals surface area contributed by atoms with E-state index in [4.69, 9.17) is 11.6 Å². The molecular weight excluding hydrogens is 244 g/mol. The average Bonchev–Trinajstić information content (AvgIpc) is 2.28. The number of nitro groups is 1. The van der Waals surface area contributed by atoms with Crippen molar-refractivity contribution >= 4 is 17.3 Å². The van der Waals surface area contributed by atoms with Gasteiger partial charge in [-0.1, -0.05) is 11.6 Å². The minimum Gasteiger partial charge on any atom is -0.367 e. The SMILES string of the molecule is CCN/C(=C/[N+](=O)[O-])N(C)c1ccc(Cl)nc1. The van der Waals surface area contributed by atoms with Gasteiger partial charge in [0.25, 0.3) is 6.20 Å². The van der Waals surface area contributed by atoms with Crippen LogP contribution < -0.4 is 10.2 Å². The van der Waals surface area contributed by atoms with Gasteiger partial charge in [-0.15, -0.1) is 0 Å². The lowest BCUT2D eigenvalue weighted by atomic mass is 10.4. The molecule has 7 heteroatoms. The molecule has 17 heavy (non-hydrogen) atoms. The van der Waals surface area contributed by atoms with E-state index in [9.17, 15) is 10.1 Å². The number of hydrogen-bond donors (Lipinski definition) is 1. The maximum Gasteiger partial charge on any atom is 0.274 e. The standard InChI is InChI=1S/C10H13ClN4O2/c1-3-12-10(7-15(16)17)14(2)8-4-5-9(11)13-6-8/h4-7,12H,3H2,1-2H3/b10-7-. The van der Waals surface area contributed by atoms with Gasteiger partial charge < -0.3 is 10.2 Å². The summed E-state index contributed by atoms with van der Waals surface area (Å²) >= 11 is 5.67. The van der Waals surface area contributed by atoms with E-state index >= 15 is 0 Å².